The molecule has 2 aliphatic carbocycles. The molecule has 2 saturated carbocycles. The molecular formula is C22H26N4O2. The van der Waals surface area contributed by atoms with Crippen molar-refractivity contribution in [3.63, 3.8) is 0 Å². The van der Waals surface area contributed by atoms with Crippen molar-refractivity contribution < 1.29 is 9.59 Å². The Bertz CT molecular complexity index is 887. The number of nitrogens with zero attached hydrogens (tertiary/aromatic N) is 3. The molecule has 2 aromatic rings. The molecule has 1 N–H and O–H groups in total. The monoisotopic (exact) mass is 378 g/mol. The number of hydrogen-bond acceptors (Lipinski definition) is 3. The Morgan fingerprint density at radius 1 is 1.07 bits per heavy atom. The average Bonchev–Trinajstić information content (AvgIpc) is 3.67. The van der Waals surface area contributed by atoms with Crippen molar-refractivity contribution in [2.45, 2.75) is 44.4 Å². The summed E-state index contributed by atoms with van der Waals surface area (Å²) < 4.78 is 1.87. The van der Waals surface area contributed by atoms with E-state index in [0.717, 1.165) is 50.2 Å². The van der Waals surface area contributed by atoms with Crippen LogP contribution in [0, 0.1) is 5.41 Å². The smallest absolute Gasteiger partial charge is 0.255 e. The fourth-order valence-electron chi connectivity index (χ4n) is 4.33. The molecule has 1 aromatic heterocycles. The average molecular weight is 378 g/mol. The lowest BCUT2D eigenvalue weighted by atomic mass is 9.94. The van der Waals surface area contributed by atoms with E-state index >= 15 is 0 Å². The molecule has 6 heteroatoms. The molecule has 0 bridgehead atoms. The number of likely N-dealkylation sites (tertiary alicyclic amines) is 1. The molecule has 0 radical (unpaired) electrons. The number of benzene rings is 1. The predicted octanol–water partition coefficient (Wildman–Crippen LogP) is 2.88. The Hall–Kier alpha value is -2.63. The zero-order chi connectivity index (χ0) is 19.1. The van der Waals surface area contributed by atoms with Crippen molar-refractivity contribution >= 4 is 11.8 Å². The minimum absolute atomic E-state index is 0.0206. The summed E-state index contributed by atoms with van der Waals surface area (Å²) >= 11 is 0. The van der Waals surface area contributed by atoms with Crippen LogP contribution in [0.1, 0.15) is 60.5 Å². The minimum atomic E-state index is -0.201. The lowest BCUT2D eigenvalue weighted by Gasteiger charge is -2.32. The fraction of sp³-hybridized carbons (Fsp3) is 0.500. The molecule has 2 heterocycles. The number of piperidine rings is 1. The maximum Gasteiger partial charge on any atom is 0.255 e. The van der Waals surface area contributed by atoms with Gasteiger partial charge in [-0.05, 0) is 56.1 Å². The van der Waals surface area contributed by atoms with Crippen LogP contribution in [-0.4, -0.2) is 46.1 Å². The van der Waals surface area contributed by atoms with Gasteiger partial charge in [0.25, 0.3) is 5.91 Å². The highest BCUT2D eigenvalue weighted by Crippen LogP contribution is 2.53. The molecule has 6 nitrogen and oxygen atoms in total. The lowest BCUT2D eigenvalue weighted by molar-refractivity contribution is -0.131. The minimum Gasteiger partial charge on any atom is -0.343 e. The Morgan fingerprint density at radius 3 is 2.43 bits per heavy atom. The van der Waals surface area contributed by atoms with Crippen LogP contribution >= 0.6 is 0 Å². The molecule has 0 unspecified atom stereocenters. The topological polar surface area (TPSA) is 67.2 Å². The lowest BCUT2D eigenvalue weighted by Crippen LogP contribution is -2.44. The second-order valence-corrected chi connectivity index (χ2v) is 8.53. The molecule has 1 saturated heterocycles. The van der Waals surface area contributed by atoms with Gasteiger partial charge in [-0.15, -0.1) is 0 Å². The zero-order valence-electron chi connectivity index (χ0n) is 16.1. The second-order valence-electron chi connectivity index (χ2n) is 8.53. The summed E-state index contributed by atoms with van der Waals surface area (Å²) in [6, 6.07) is 9.89. The van der Waals surface area contributed by atoms with Crippen molar-refractivity contribution in [3.05, 3.63) is 47.8 Å². The molecule has 1 spiro atoms. The van der Waals surface area contributed by atoms with Gasteiger partial charge in [0.05, 0.1) is 29.7 Å². The Balaban J connectivity index is 1.25. The summed E-state index contributed by atoms with van der Waals surface area (Å²) in [4.78, 5) is 27.2. The van der Waals surface area contributed by atoms with Gasteiger partial charge in [-0.1, -0.05) is 18.2 Å². The van der Waals surface area contributed by atoms with Crippen molar-refractivity contribution in [3.8, 4) is 5.69 Å². The molecule has 1 aliphatic heterocycles. The van der Waals surface area contributed by atoms with Gasteiger partial charge >= 0.3 is 0 Å². The first kappa shape index (κ1) is 17.5. The highest BCUT2D eigenvalue weighted by atomic mass is 16.2. The van der Waals surface area contributed by atoms with Crippen molar-refractivity contribution in [2.24, 2.45) is 5.41 Å². The second kappa shape index (κ2) is 6.76. The first-order chi connectivity index (χ1) is 13.7. The Kier molecular flexibility index (Phi) is 4.22. The molecule has 2 amide bonds. The molecule has 146 valence electrons. The number of para-hydroxylation sites is 1. The molecule has 1 aromatic carbocycles. The quantitative estimate of drug-likeness (QED) is 0.870. The summed E-state index contributed by atoms with van der Waals surface area (Å²) in [6.07, 6.45) is 8.66. The summed E-state index contributed by atoms with van der Waals surface area (Å²) in [7, 11) is 0. The molecule has 28 heavy (non-hydrogen) atoms. The number of amides is 2. The first-order valence-electron chi connectivity index (χ1n) is 10.3. The van der Waals surface area contributed by atoms with Gasteiger partial charge in [-0.3, -0.25) is 9.59 Å². The van der Waals surface area contributed by atoms with E-state index in [4.69, 9.17) is 0 Å². The van der Waals surface area contributed by atoms with Gasteiger partial charge in [0, 0.05) is 19.0 Å². The summed E-state index contributed by atoms with van der Waals surface area (Å²) in [5.74, 6) is 0.191. The van der Waals surface area contributed by atoms with Gasteiger partial charge in [-0.2, -0.15) is 5.10 Å². The van der Waals surface area contributed by atoms with Crippen LogP contribution in [0.15, 0.2) is 36.5 Å². The van der Waals surface area contributed by atoms with Crippen LogP contribution in [0.25, 0.3) is 5.69 Å². The zero-order valence-corrected chi connectivity index (χ0v) is 16.1. The van der Waals surface area contributed by atoms with E-state index in [0.29, 0.717) is 16.9 Å². The van der Waals surface area contributed by atoms with Crippen LogP contribution < -0.4 is 5.32 Å². The SMILES string of the molecule is O=C(NCC(=O)N1CCC2(CC1)CC2)c1cnn(-c2ccccc2)c1C1CC1. The van der Waals surface area contributed by atoms with Crippen LogP contribution in [0.3, 0.4) is 0 Å². The molecule has 3 fully saturated rings. The van der Waals surface area contributed by atoms with E-state index in [2.05, 4.69) is 10.4 Å². The highest BCUT2D eigenvalue weighted by molar-refractivity contribution is 5.97. The molecule has 3 aliphatic rings. The van der Waals surface area contributed by atoms with E-state index in [-0.39, 0.29) is 18.4 Å². The summed E-state index contributed by atoms with van der Waals surface area (Å²) in [5.41, 5.74) is 3.06. The predicted molar refractivity (Wildman–Crippen MR) is 105 cm³/mol. The maximum atomic E-state index is 12.8. The molecular weight excluding hydrogens is 352 g/mol. The number of carbonyl (C=O) groups excluding carboxylic acids is 2. The van der Waals surface area contributed by atoms with Crippen LogP contribution in [0.2, 0.25) is 0 Å². The third-order valence-electron chi connectivity index (χ3n) is 6.55. The van der Waals surface area contributed by atoms with Gasteiger partial charge in [-0.25, -0.2) is 4.68 Å². The van der Waals surface area contributed by atoms with Crippen LogP contribution in [-0.2, 0) is 4.79 Å². The summed E-state index contributed by atoms with van der Waals surface area (Å²) in [6.45, 7) is 1.72. The van der Waals surface area contributed by atoms with E-state index in [1.54, 1.807) is 6.20 Å². The van der Waals surface area contributed by atoms with E-state index < -0.39 is 0 Å². The number of hydrogen-bond donors (Lipinski definition) is 1. The van der Waals surface area contributed by atoms with Crippen molar-refractivity contribution in [2.75, 3.05) is 19.6 Å². The van der Waals surface area contributed by atoms with E-state index in [9.17, 15) is 9.59 Å². The van der Waals surface area contributed by atoms with Crippen LogP contribution in [0.4, 0.5) is 0 Å². The number of rotatable bonds is 5. The van der Waals surface area contributed by atoms with Crippen molar-refractivity contribution in [1.82, 2.24) is 20.0 Å². The highest BCUT2D eigenvalue weighted by Gasteiger charge is 2.45. The Morgan fingerprint density at radius 2 is 1.79 bits per heavy atom. The number of aromatic nitrogens is 2. The van der Waals surface area contributed by atoms with Crippen LogP contribution in [0.5, 0.6) is 0 Å². The molecule has 5 rings (SSSR count). The van der Waals surface area contributed by atoms with Gasteiger partial charge in [0.15, 0.2) is 0 Å². The standard InChI is InChI=1S/C22H26N4O2/c27-19(25-12-10-22(8-9-22)11-13-25)15-23-21(28)18-14-24-26(20(18)16-6-7-16)17-4-2-1-3-5-17/h1-5,14,16H,6-13,15H2,(H,23,28). The Labute approximate surface area is 164 Å². The first-order valence-corrected chi connectivity index (χ1v) is 10.3. The fourth-order valence-corrected chi connectivity index (χ4v) is 4.33. The number of carbonyl (C=O) groups is 2. The molecule has 0 atom stereocenters. The van der Waals surface area contributed by atoms with E-state index in [1.807, 2.05) is 39.9 Å². The number of nitrogens with one attached hydrogen (secondary N) is 1. The largest absolute Gasteiger partial charge is 0.343 e. The summed E-state index contributed by atoms with van der Waals surface area (Å²) in [5, 5.41) is 7.31. The third-order valence-corrected chi connectivity index (χ3v) is 6.55. The normalized spacial score (nSPS) is 20.2. The maximum absolute atomic E-state index is 12.8. The van der Waals surface area contributed by atoms with Gasteiger partial charge < -0.3 is 10.2 Å². The van der Waals surface area contributed by atoms with Gasteiger partial charge in [0.1, 0.15) is 0 Å². The van der Waals surface area contributed by atoms with Gasteiger partial charge in [0.2, 0.25) is 5.91 Å². The van der Waals surface area contributed by atoms with E-state index in [1.165, 1.54) is 12.8 Å². The van der Waals surface area contributed by atoms with Crippen molar-refractivity contribution in [1.29, 1.82) is 0 Å². The third kappa shape index (κ3) is 3.32.